The second kappa shape index (κ2) is 12.3. The minimum absolute atomic E-state index is 0.580. The molecule has 8 aromatic carbocycles. The molecule has 12 aromatic rings. The Bertz CT molecular complexity index is 3450. The van der Waals surface area contributed by atoms with Gasteiger partial charge in [-0.3, -0.25) is 0 Å². The van der Waals surface area contributed by atoms with Gasteiger partial charge in [0.2, 0.25) is 0 Å². The van der Waals surface area contributed by atoms with Gasteiger partial charge in [0.15, 0.2) is 17.5 Å². The molecule has 0 aliphatic heterocycles. The van der Waals surface area contributed by atoms with Gasteiger partial charge < -0.3 is 13.4 Å². The molecule has 0 spiro atoms. The van der Waals surface area contributed by atoms with Gasteiger partial charge in [-0.15, -0.1) is 0 Å². The van der Waals surface area contributed by atoms with Crippen molar-refractivity contribution in [1.82, 2.24) is 19.5 Å². The summed E-state index contributed by atoms with van der Waals surface area (Å²) in [6.45, 7) is 0. The second-order valence-corrected chi connectivity index (χ2v) is 14.4. The van der Waals surface area contributed by atoms with Crippen LogP contribution in [0.25, 0.3) is 117 Å². The van der Waals surface area contributed by atoms with Crippen molar-refractivity contribution in [3.05, 3.63) is 182 Å². The number of fused-ring (bicyclic) bond motifs is 10. The van der Waals surface area contributed by atoms with Crippen molar-refractivity contribution in [3.8, 4) is 51.0 Å². The van der Waals surface area contributed by atoms with E-state index >= 15 is 0 Å². The highest BCUT2D eigenvalue weighted by atomic mass is 16.3. The molecule has 0 saturated heterocycles. The van der Waals surface area contributed by atoms with Gasteiger partial charge in [-0.1, -0.05) is 133 Å². The van der Waals surface area contributed by atoms with Crippen LogP contribution >= 0.6 is 0 Å². The maximum atomic E-state index is 6.88. The van der Waals surface area contributed by atoms with Crippen LogP contribution in [0.2, 0.25) is 0 Å². The molecule has 0 atom stereocenters. The monoisotopic (exact) mass is 730 g/mol. The fraction of sp³-hybridized carbons (Fsp3) is 0. The van der Waals surface area contributed by atoms with E-state index in [0.29, 0.717) is 17.5 Å². The SMILES string of the molecule is c1ccc(-c2nc(-c3ccccc3)nc(-c3ccc4c(c3)oc3cc(-n5c6ccccc6c6c7oc8ccccc8c7ccc65)cc(-c5ccccc5)c34)n2)cc1. The van der Waals surface area contributed by atoms with Crippen LogP contribution in [-0.2, 0) is 0 Å². The van der Waals surface area contributed by atoms with Crippen LogP contribution in [0.3, 0.4) is 0 Å². The quantitative estimate of drug-likeness (QED) is 0.176. The van der Waals surface area contributed by atoms with Gasteiger partial charge in [-0.05, 0) is 53.6 Å². The molecule has 0 amide bonds. The zero-order chi connectivity index (χ0) is 37.5. The third-order valence-electron chi connectivity index (χ3n) is 11.0. The third kappa shape index (κ3) is 4.94. The molecular formula is C51H30N4O2. The first-order chi connectivity index (χ1) is 28.2. The molecule has 0 radical (unpaired) electrons. The normalized spacial score (nSPS) is 11.9. The first-order valence-electron chi connectivity index (χ1n) is 19.0. The van der Waals surface area contributed by atoms with E-state index in [-0.39, 0.29) is 0 Å². The minimum Gasteiger partial charge on any atom is -0.456 e. The van der Waals surface area contributed by atoms with E-state index in [1.54, 1.807) is 0 Å². The topological polar surface area (TPSA) is 69.9 Å². The predicted molar refractivity (Wildman–Crippen MR) is 230 cm³/mol. The van der Waals surface area contributed by atoms with Gasteiger partial charge >= 0.3 is 0 Å². The third-order valence-corrected chi connectivity index (χ3v) is 11.0. The highest BCUT2D eigenvalue weighted by molar-refractivity contribution is 6.24. The minimum atomic E-state index is 0.580. The Balaban J connectivity index is 1.09. The summed E-state index contributed by atoms with van der Waals surface area (Å²) in [5.74, 6) is 1.81. The molecule has 6 heteroatoms. The Morgan fingerprint density at radius 1 is 0.351 bits per heavy atom. The zero-order valence-corrected chi connectivity index (χ0v) is 30.4. The lowest BCUT2D eigenvalue weighted by Crippen LogP contribution is -2.00. The Kier molecular flexibility index (Phi) is 6.83. The number of hydrogen-bond acceptors (Lipinski definition) is 5. The molecule has 12 rings (SSSR count). The van der Waals surface area contributed by atoms with Crippen LogP contribution in [-0.4, -0.2) is 19.5 Å². The number of para-hydroxylation sites is 2. The van der Waals surface area contributed by atoms with Crippen LogP contribution in [0.15, 0.2) is 191 Å². The Morgan fingerprint density at radius 2 is 0.947 bits per heavy atom. The number of hydrogen-bond donors (Lipinski definition) is 0. The fourth-order valence-electron chi connectivity index (χ4n) is 8.46. The lowest BCUT2D eigenvalue weighted by Gasteiger charge is -2.12. The molecule has 57 heavy (non-hydrogen) atoms. The summed E-state index contributed by atoms with van der Waals surface area (Å²) < 4.78 is 15.8. The molecule has 0 unspecified atom stereocenters. The first kappa shape index (κ1) is 31.5. The summed E-state index contributed by atoms with van der Waals surface area (Å²) >= 11 is 0. The van der Waals surface area contributed by atoms with Crippen molar-refractivity contribution in [2.24, 2.45) is 0 Å². The Hall–Kier alpha value is -7.83. The number of aromatic nitrogens is 4. The van der Waals surface area contributed by atoms with Crippen LogP contribution in [0.1, 0.15) is 0 Å². The van der Waals surface area contributed by atoms with E-state index in [1.165, 1.54) is 0 Å². The van der Waals surface area contributed by atoms with Crippen molar-refractivity contribution in [1.29, 1.82) is 0 Å². The summed E-state index contributed by atoms with van der Waals surface area (Å²) in [5, 5.41) is 6.53. The van der Waals surface area contributed by atoms with Crippen molar-refractivity contribution < 1.29 is 8.83 Å². The molecule has 6 nitrogen and oxygen atoms in total. The number of furan rings is 2. The average Bonchev–Trinajstić information content (AvgIpc) is 3.96. The molecule has 0 N–H and O–H groups in total. The molecule has 266 valence electrons. The van der Waals surface area contributed by atoms with Gasteiger partial charge in [0.05, 0.1) is 22.1 Å². The van der Waals surface area contributed by atoms with E-state index in [1.807, 2.05) is 72.8 Å². The molecule has 4 heterocycles. The van der Waals surface area contributed by atoms with Crippen LogP contribution in [0.4, 0.5) is 0 Å². The number of rotatable bonds is 5. The van der Waals surface area contributed by atoms with E-state index < -0.39 is 0 Å². The molecule has 0 bridgehead atoms. The second-order valence-electron chi connectivity index (χ2n) is 14.4. The highest BCUT2D eigenvalue weighted by Gasteiger charge is 2.22. The number of benzene rings is 8. The van der Waals surface area contributed by atoms with E-state index in [9.17, 15) is 0 Å². The van der Waals surface area contributed by atoms with E-state index in [0.717, 1.165) is 99.2 Å². The van der Waals surface area contributed by atoms with Crippen LogP contribution in [0, 0.1) is 0 Å². The van der Waals surface area contributed by atoms with Crippen LogP contribution in [0.5, 0.6) is 0 Å². The molecule has 0 aliphatic carbocycles. The summed E-state index contributed by atoms with van der Waals surface area (Å²) in [7, 11) is 0. The molecule has 0 aliphatic rings. The largest absolute Gasteiger partial charge is 0.456 e. The maximum Gasteiger partial charge on any atom is 0.164 e. The van der Waals surface area contributed by atoms with Crippen molar-refractivity contribution >= 4 is 65.7 Å². The highest BCUT2D eigenvalue weighted by Crippen LogP contribution is 2.44. The standard InChI is InChI=1S/C51H30N4O2/c1-4-14-31(15-5-1)40-29-35(55-41-22-12-10-21-38(41)47-42(55)27-26-37-36-20-11-13-23-43(36)57-48(37)47)30-45-46(40)39-25-24-34(28-44(39)56-45)51-53-49(32-16-6-2-7-17-32)52-50(54-51)33-18-8-3-9-19-33/h1-30H. The van der Waals surface area contributed by atoms with Gasteiger partial charge in [-0.25, -0.2) is 15.0 Å². The summed E-state index contributed by atoms with van der Waals surface area (Å²) in [5.41, 5.74) is 11.4. The lowest BCUT2D eigenvalue weighted by molar-refractivity contribution is 0.669. The smallest absolute Gasteiger partial charge is 0.164 e. The van der Waals surface area contributed by atoms with Crippen molar-refractivity contribution in [2.45, 2.75) is 0 Å². The zero-order valence-electron chi connectivity index (χ0n) is 30.4. The lowest BCUT2D eigenvalue weighted by atomic mass is 9.98. The molecule has 4 aromatic heterocycles. The predicted octanol–water partition coefficient (Wildman–Crippen LogP) is 13.4. The first-order valence-corrected chi connectivity index (χ1v) is 19.0. The summed E-state index contributed by atoms with van der Waals surface area (Å²) in [6.07, 6.45) is 0. The average molecular weight is 731 g/mol. The van der Waals surface area contributed by atoms with Gasteiger partial charge in [0.1, 0.15) is 22.3 Å². The Morgan fingerprint density at radius 3 is 1.67 bits per heavy atom. The van der Waals surface area contributed by atoms with Crippen molar-refractivity contribution in [2.75, 3.05) is 0 Å². The van der Waals surface area contributed by atoms with Gasteiger partial charge in [0, 0.05) is 49.7 Å². The van der Waals surface area contributed by atoms with E-state index in [4.69, 9.17) is 23.8 Å². The van der Waals surface area contributed by atoms with E-state index in [2.05, 4.69) is 114 Å². The molecular weight excluding hydrogens is 701 g/mol. The van der Waals surface area contributed by atoms with Gasteiger partial charge in [0.25, 0.3) is 0 Å². The fourth-order valence-corrected chi connectivity index (χ4v) is 8.46. The number of nitrogens with zero attached hydrogens (tertiary/aromatic N) is 4. The summed E-state index contributed by atoms with van der Waals surface area (Å²) in [4.78, 5) is 14.9. The Labute approximate surface area is 325 Å². The van der Waals surface area contributed by atoms with Crippen LogP contribution < -0.4 is 0 Å². The maximum absolute atomic E-state index is 6.88. The van der Waals surface area contributed by atoms with Crippen molar-refractivity contribution in [3.63, 3.8) is 0 Å². The molecule has 0 fully saturated rings. The molecule has 0 saturated carbocycles. The van der Waals surface area contributed by atoms with Gasteiger partial charge in [-0.2, -0.15) is 0 Å². The summed E-state index contributed by atoms with van der Waals surface area (Å²) in [6, 6.07) is 62.6.